The maximum atomic E-state index is 14.0. The lowest BCUT2D eigenvalue weighted by atomic mass is 9.80. The largest absolute Gasteiger partial charge is 0.347 e. The minimum absolute atomic E-state index is 0.0324. The smallest absolute Gasteiger partial charge is 0.224 e. The number of carbonyl (C=O) groups is 1. The molecule has 1 aliphatic carbocycles. The number of benzene rings is 1. The van der Waals surface area contributed by atoms with Crippen molar-refractivity contribution in [3.63, 3.8) is 0 Å². The summed E-state index contributed by atoms with van der Waals surface area (Å²) in [7, 11) is 0. The summed E-state index contributed by atoms with van der Waals surface area (Å²) in [6.45, 7) is 3.63. The lowest BCUT2D eigenvalue weighted by Gasteiger charge is -2.45. The Kier molecular flexibility index (Phi) is 4.27. The molecule has 2 heterocycles. The second kappa shape index (κ2) is 6.62. The maximum Gasteiger partial charge on any atom is 0.224 e. The monoisotopic (exact) mass is 365 g/mol. The third-order valence-corrected chi connectivity index (χ3v) is 5.45. The zero-order valence-electron chi connectivity index (χ0n) is 15.2. The van der Waals surface area contributed by atoms with Crippen LogP contribution in [0.5, 0.6) is 0 Å². The first kappa shape index (κ1) is 17.4. The summed E-state index contributed by atoms with van der Waals surface area (Å²) >= 11 is 0. The fraction of sp³-hybridized carbons (Fsp3) is 0.400. The van der Waals surface area contributed by atoms with Crippen LogP contribution in [0, 0.1) is 29.0 Å². The van der Waals surface area contributed by atoms with Crippen molar-refractivity contribution in [1.29, 1.82) is 5.26 Å². The fourth-order valence-corrected chi connectivity index (χ4v) is 4.17. The molecule has 2 aromatic rings. The van der Waals surface area contributed by atoms with Crippen LogP contribution in [0.15, 0.2) is 30.5 Å². The van der Waals surface area contributed by atoms with Gasteiger partial charge in [0.25, 0.3) is 0 Å². The van der Waals surface area contributed by atoms with Crippen LogP contribution in [0.3, 0.4) is 0 Å². The predicted molar refractivity (Wildman–Crippen MR) is 98.3 cm³/mol. The van der Waals surface area contributed by atoms with Gasteiger partial charge in [-0.15, -0.1) is 0 Å². The maximum absolute atomic E-state index is 14.0. The second-order valence-electron chi connectivity index (χ2n) is 7.28. The van der Waals surface area contributed by atoms with Crippen LogP contribution in [0.2, 0.25) is 0 Å². The van der Waals surface area contributed by atoms with E-state index in [2.05, 4.69) is 22.2 Å². The molecule has 0 unspecified atom stereocenters. The quantitative estimate of drug-likeness (QED) is 0.901. The standard InChI is InChI=1S/C20H20FN5O/c1-11-18(25-20-23-8-7-15(10-22)24-20)16-9-14(21)5-6-17(16)26(12(2)27)19(11)13-3-4-13/h5-9,11,13,18-19H,3-4H2,1-2H3,(H,23,24,25)/t11-,18-,19-/m1/s1. The summed E-state index contributed by atoms with van der Waals surface area (Å²) in [5.41, 5.74) is 1.70. The molecule has 1 amide bonds. The van der Waals surface area contributed by atoms with Crippen LogP contribution in [0.4, 0.5) is 16.0 Å². The molecule has 7 heteroatoms. The number of amides is 1. The lowest BCUT2D eigenvalue weighted by Crippen LogP contribution is -2.51. The molecule has 3 atom stereocenters. The Balaban J connectivity index is 1.80. The predicted octanol–water partition coefficient (Wildman–Crippen LogP) is 3.42. The van der Waals surface area contributed by atoms with E-state index in [9.17, 15) is 9.18 Å². The lowest BCUT2D eigenvalue weighted by molar-refractivity contribution is -0.117. The first-order chi connectivity index (χ1) is 13.0. The average Bonchev–Trinajstić information content (AvgIpc) is 3.48. The first-order valence-corrected chi connectivity index (χ1v) is 9.08. The molecule has 0 bridgehead atoms. The van der Waals surface area contributed by atoms with Gasteiger partial charge in [-0.1, -0.05) is 6.92 Å². The molecule has 1 fully saturated rings. The number of halogens is 1. The molecule has 1 saturated carbocycles. The van der Waals surface area contributed by atoms with Gasteiger partial charge >= 0.3 is 0 Å². The number of nitrogens with one attached hydrogen (secondary N) is 1. The Morgan fingerprint density at radius 1 is 1.37 bits per heavy atom. The molecule has 2 aliphatic rings. The van der Waals surface area contributed by atoms with Crippen molar-refractivity contribution in [2.75, 3.05) is 10.2 Å². The summed E-state index contributed by atoms with van der Waals surface area (Å²) in [6.07, 6.45) is 3.69. The normalized spacial score (nSPS) is 24.1. The van der Waals surface area contributed by atoms with E-state index in [1.54, 1.807) is 13.0 Å². The zero-order valence-corrected chi connectivity index (χ0v) is 15.2. The van der Waals surface area contributed by atoms with E-state index >= 15 is 0 Å². The Morgan fingerprint density at radius 2 is 2.15 bits per heavy atom. The number of aromatic nitrogens is 2. The summed E-state index contributed by atoms with van der Waals surface area (Å²) in [6, 6.07) is 7.85. The number of nitriles is 1. The molecule has 1 aliphatic heterocycles. The summed E-state index contributed by atoms with van der Waals surface area (Å²) in [4.78, 5) is 22.7. The van der Waals surface area contributed by atoms with Gasteiger partial charge in [-0.2, -0.15) is 5.26 Å². The molecule has 4 rings (SSSR count). The van der Waals surface area contributed by atoms with Gasteiger partial charge in [0.15, 0.2) is 0 Å². The summed E-state index contributed by atoms with van der Waals surface area (Å²) in [5.74, 6) is 0.412. The van der Waals surface area contributed by atoms with E-state index < -0.39 is 0 Å². The van der Waals surface area contributed by atoms with Crippen molar-refractivity contribution in [1.82, 2.24) is 9.97 Å². The van der Waals surface area contributed by atoms with Gasteiger partial charge in [-0.3, -0.25) is 4.79 Å². The van der Waals surface area contributed by atoms with Gasteiger partial charge in [0.05, 0.1) is 6.04 Å². The number of fused-ring (bicyclic) bond motifs is 1. The van der Waals surface area contributed by atoms with Crippen LogP contribution in [-0.2, 0) is 4.79 Å². The minimum Gasteiger partial charge on any atom is -0.347 e. The number of rotatable bonds is 3. The van der Waals surface area contributed by atoms with Gasteiger partial charge in [0.2, 0.25) is 11.9 Å². The highest BCUT2D eigenvalue weighted by atomic mass is 19.1. The second-order valence-corrected chi connectivity index (χ2v) is 7.28. The van der Waals surface area contributed by atoms with E-state index in [4.69, 9.17) is 5.26 Å². The molecular formula is C20H20FN5O. The molecule has 6 nitrogen and oxygen atoms in total. The number of anilines is 2. The number of hydrogen-bond donors (Lipinski definition) is 1. The summed E-state index contributed by atoms with van der Waals surface area (Å²) in [5, 5.41) is 12.4. The Bertz CT molecular complexity index is 936. The highest BCUT2D eigenvalue weighted by Gasteiger charge is 2.47. The van der Waals surface area contributed by atoms with E-state index in [-0.39, 0.29) is 35.4 Å². The highest BCUT2D eigenvalue weighted by molar-refractivity contribution is 5.94. The van der Waals surface area contributed by atoms with E-state index in [0.717, 1.165) is 18.5 Å². The van der Waals surface area contributed by atoms with Crippen molar-refractivity contribution in [3.05, 3.63) is 47.5 Å². The Labute approximate surface area is 157 Å². The fourth-order valence-electron chi connectivity index (χ4n) is 4.17. The van der Waals surface area contributed by atoms with E-state index in [1.807, 2.05) is 11.0 Å². The van der Waals surface area contributed by atoms with Gasteiger partial charge in [-0.05, 0) is 43.0 Å². The molecule has 0 radical (unpaired) electrons. The van der Waals surface area contributed by atoms with Crippen molar-refractivity contribution in [3.8, 4) is 6.07 Å². The highest BCUT2D eigenvalue weighted by Crippen LogP contribution is 2.49. The third-order valence-electron chi connectivity index (χ3n) is 5.45. The van der Waals surface area contributed by atoms with Gasteiger partial charge in [0.1, 0.15) is 17.6 Å². The third kappa shape index (κ3) is 3.12. The summed E-state index contributed by atoms with van der Waals surface area (Å²) < 4.78 is 14.0. The van der Waals surface area contributed by atoms with Crippen LogP contribution in [0.1, 0.15) is 44.0 Å². The van der Waals surface area contributed by atoms with Gasteiger partial charge in [-0.25, -0.2) is 14.4 Å². The molecular weight excluding hydrogens is 345 g/mol. The SMILES string of the molecule is CC(=O)N1c2ccc(F)cc2[C@H](Nc2nccc(C#N)n2)[C@@H](C)[C@@H]1C1CC1. The van der Waals surface area contributed by atoms with Crippen LogP contribution < -0.4 is 10.2 Å². The molecule has 138 valence electrons. The number of nitrogens with zero attached hydrogens (tertiary/aromatic N) is 4. The van der Waals surface area contributed by atoms with Gasteiger partial charge in [0, 0.05) is 36.3 Å². The van der Waals surface area contributed by atoms with Crippen molar-refractivity contribution in [2.45, 2.75) is 38.8 Å². The van der Waals surface area contributed by atoms with Crippen molar-refractivity contribution in [2.24, 2.45) is 11.8 Å². The molecule has 0 saturated heterocycles. The Hall–Kier alpha value is -3.01. The van der Waals surface area contributed by atoms with Gasteiger partial charge < -0.3 is 10.2 Å². The van der Waals surface area contributed by atoms with Crippen LogP contribution in [0.25, 0.3) is 0 Å². The first-order valence-electron chi connectivity index (χ1n) is 9.08. The van der Waals surface area contributed by atoms with Crippen molar-refractivity contribution < 1.29 is 9.18 Å². The topological polar surface area (TPSA) is 81.9 Å². The molecule has 27 heavy (non-hydrogen) atoms. The minimum atomic E-state index is -0.354. The van der Waals surface area contributed by atoms with Crippen LogP contribution >= 0.6 is 0 Å². The average molecular weight is 365 g/mol. The molecule has 1 aromatic carbocycles. The zero-order chi connectivity index (χ0) is 19.1. The van der Waals surface area contributed by atoms with E-state index in [1.165, 1.54) is 24.4 Å². The molecule has 1 N–H and O–H groups in total. The molecule has 0 spiro atoms. The molecule has 1 aromatic heterocycles. The van der Waals surface area contributed by atoms with Crippen LogP contribution in [-0.4, -0.2) is 21.9 Å². The van der Waals surface area contributed by atoms with E-state index in [0.29, 0.717) is 17.4 Å². The number of hydrogen-bond acceptors (Lipinski definition) is 5. The van der Waals surface area contributed by atoms with Crippen molar-refractivity contribution >= 4 is 17.5 Å². The number of carbonyl (C=O) groups excluding carboxylic acids is 1. The Morgan fingerprint density at radius 3 is 2.81 bits per heavy atom.